The van der Waals surface area contributed by atoms with E-state index < -0.39 is 0 Å². The zero-order valence-corrected chi connectivity index (χ0v) is 15.5. The van der Waals surface area contributed by atoms with Crippen molar-refractivity contribution < 1.29 is 9.15 Å². The molecule has 0 aliphatic heterocycles. The van der Waals surface area contributed by atoms with Gasteiger partial charge in [-0.2, -0.15) is 5.26 Å². The molecule has 1 atom stereocenters. The van der Waals surface area contributed by atoms with Crippen LogP contribution < -0.4 is 10.5 Å². The van der Waals surface area contributed by atoms with Crippen molar-refractivity contribution in [3.63, 3.8) is 0 Å². The third kappa shape index (κ3) is 3.30. The number of nitrogen functional groups attached to an aromatic ring is 1. The van der Waals surface area contributed by atoms with Crippen molar-refractivity contribution in [2.75, 3.05) is 5.73 Å². The first-order valence-electron chi connectivity index (χ1n) is 8.70. The fourth-order valence-corrected chi connectivity index (χ4v) is 3.48. The van der Waals surface area contributed by atoms with Crippen LogP contribution in [0.1, 0.15) is 47.1 Å². The van der Waals surface area contributed by atoms with E-state index in [2.05, 4.69) is 16.0 Å². The SMILES string of the molecule is N#Cc1cc2c(nc1Cl)C(Oc1ccc(N)c(C(=N)c3cnco3)c1)CCC2. The maximum absolute atomic E-state index is 9.16. The number of nitriles is 1. The summed E-state index contributed by atoms with van der Waals surface area (Å²) in [6.07, 6.45) is 4.97. The second-order valence-electron chi connectivity index (χ2n) is 6.47. The van der Waals surface area contributed by atoms with Gasteiger partial charge in [0.15, 0.2) is 12.2 Å². The van der Waals surface area contributed by atoms with Crippen LogP contribution >= 0.6 is 11.6 Å². The molecule has 7 nitrogen and oxygen atoms in total. The number of halogens is 1. The quantitative estimate of drug-likeness (QED) is 0.391. The molecule has 0 saturated heterocycles. The Hall–Kier alpha value is -3.37. The van der Waals surface area contributed by atoms with E-state index in [4.69, 9.17) is 37.2 Å². The van der Waals surface area contributed by atoms with Crippen LogP contribution in [0.3, 0.4) is 0 Å². The van der Waals surface area contributed by atoms with Gasteiger partial charge in [-0.25, -0.2) is 9.97 Å². The number of fused-ring (bicyclic) bond motifs is 1. The highest BCUT2D eigenvalue weighted by Gasteiger charge is 2.25. The topological polar surface area (TPSA) is 122 Å². The van der Waals surface area contributed by atoms with Crippen molar-refractivity contribution in [1.29, 1.82) is 10.7 Å². The zero-order chi connectivity index (χ0) is 19.7. The average Bonchev–Trinajstić information content (AvgIpc) is 3.24. The molecule has 1 unspecified atom stereocenters. The molecule has 0 fully saturated rings. The zero-order valence-electron chi connectivity index (χ0n) is 14.8. The highest BCUT2D eigenvalue weighted by atomic mass is 35.5. The molecule has 0 bridgehead atoms. The van der Waals surface area contributed by atoms with E-state index in [1.54, 1.807) is 24.3 Å². The molecular formula is C20H16ClN5O2. The molecule has 2 heterocycles. The second-order valence-corrected chi connectivity index (χ2v) is 6.83. The van der Waals surface area contributed by atoms with Gasteiger partial charge in [-0.05, 0) is 49.1 Å². The van der Waals surface area contributed by atoms with Crippen LogP contribution in [-0.2, 0) is 6.42 Å². The molecule has 1 aliphatic rings. The Kier molecular flexibility index (Phi) is 4.72. The van der Waals surface area contributed by atoms with Crippen molar-refractivity contribution in [1.82, 2.24) is 9.97 Å². The molecule has 2 aromatic heterocycles. The lowest BCUT2D eigenvalue weighted by molar-refractivity contribution is 0.178. The molecule has 8 heteroatoms. The standard InChI is InChI=1S/C20H16ClN5O2/c21-20-12(8-22)6-11-2-1-3-16(19(11)26-20)28-13-4-5-15(23)14(7-13)18(24)17-9-25-10-27-17/h4-7,9-10,16,24H,1-3,23H2. The van der Waals surface area contributed by atoms with Gasteiger partial charge in [0.05, 0.1) is 17.5 Å². The van der Waals surface area contributed by atoms with E-state index in [9.17, 15) is 0 Å². The van der Waals surface area contributed by atoms with Crippen LogP contribution in [0.25, 0.3) is 0 Å². The number of hydrogen-bond acceptors (Lipinski definition) is 7. The highest BCUT2D eigenvalue weighted by molar-refractivity contribution is 6.30. The third-order valence-corrected chi connectivity index (χ3v) is 4.97. The van der Waals surface area contributed by atoms with Gasteiger partial charge in [-0.1, -0.05) is 11.6 Å². The molecule has 3 aromatic rings. The number of nitrogens with zero attached hydrogens (tertiary/aromatic N) is 3. The van der Waals surface area contributed by atoms with Gasteiger partial charge < -0.3 is 14.9 Å². The first-order chi connectivity index (χ1) is 13.6. The minimum atomic E-state index is -0.287. The molecule has 0 amide bonds. The molecule has 0 spiro atoms. The van der Waals surface area contributed by atoms with E-state index in [-0.39, 0.29) is 17.0 Å². The predicted molar refractivity (Wildman–Crippen MR) is 104 cm³/mol. The summed E-state index contributed by atoms with van der Waals surface area (Å²) in [4.78, 5) is 8.24. The Labute approximate surface area is 166 Å². The molecule has 28 heavy (non-hydrogen) atoms. The Morgan fingerprint density at radius 1 is 1.39 bits per heavy atom. The molecule has 1 aliphatic carbocycles. The van der Waals surface area contributed by atoms with Crippen LogP contribution in [0.5, 0.6) is 5.75 Å². The molecule has 1 aromatic carbocycles. The first kappa shape index (κ1) is 18.0. The number of nitrogens with one attached hydrogen (secondary N) is 1. The maximum atomic E-state index is 9.16. The number of nitrogens with two attached hydrogens (primary N) is 1. The van der Waals surface area contributed by atoms with E-state index in [0.29, 0.717) is 28.3 Å². The lowest BCUT2D eigenvalue weighted by Crippen LogP contribution is -2.18. The van der Waals surface area contributed by atoms with Gasteiger partial charge in [0.25, 0.3) is 0 Å². The summed E-state index contributed by atoms with van der Waals surface area (Å²) in [7, 11) is 0. The largest absolute Gasteiger partial charge is 0.484 e. The fraction of sp³-hybridized carbons (Fsp3) is 0.200. The number of aromatic nitrogens is 2. The Balaban J connectivity index is 1.64. The predicted octanol–water partition coefficient (Wildman–Crippen LogP) is 4.05. The van der Waals surface area contributed by atoms with Gasteiger partial charge >= 0.3 is 0 Å². The third-order valence-electron chi connectivity index (χ3n) is 4.68. The van der Waals surface area contributed by atoms with Crippen molar-refractivity contribution in [3.05, 3.63) is 70.2 Å². The maximum Gasteiger partial charge on any atom is 0.181 e. The van der Waals surface area contributed by atoms with Crippen molar-refractivity contribution >= 4 is 23.0 Å². The van der Waals surface area contributed by atoms with Crippen molar-refractivity contribution in [2.24, 2.45) is 0 Å². The van der Waals surface area contributed by atoms with Crippen LogP contribution in [0.2, 0.25) is 5.15 Å². The van der Waals surface area contributed by atoms with Gasteiger partial charge in [0.2, 0.25) is 0 Å². The van der Waals surface area contributed by atoms with Crippen molar-refractivity contribution in [2.45, 2.75) is 25.4 Å². The summed E-state index contributed by atoms with van der Waals surface area (Å²) in [5, 5.41) is 17.6. The minimum Gasteiger partial charge on any atom is -0.484 e. The van der Waals surface area contributed by atoms with E-state index in [1.165, 1.54) is 12.6 Å². The molecule has 140 valence electrons. The minimum absolute atomic E-state index is 0.129. The van der Waals surface area contributed by atoms with Crippen LogP contribution in [0.15, 0.2) is 41.3 Å². The fourth-order valence-electron chi connectivity index (χ4n) is 3.29. The number of hydrogen-bond donors (Lipinski definition) is 2. The molecule has 0 radical (unpaired) electrons. The Morgan fingerprint density at radius 2 is 2.25 bits per heavy atom. The number of benzene rings is 1. The lowest BCUT2D eigenvalue weighted by atomic mass is 9.92. The number of oxazole rings is 1. The summed E-state index contributed by atoms with van der Waals surface area (Å²) < 4.78 is 11.4. The number of rotatable bonds is 4. The van der Waals surface area contributed by atoms with Crippen LogP contribution in [0.4, 0.5) is 5.69 Å². The second kappa shape index (κ2) is 7.33. The summed E-state index contributed by atoms with van der Waals surface area (Å²) in [6.45, 7) is 0. The summed E-state index contributed by atoms with van der Waals surface area (Å²) in [5.74, 6) is 0.887. The molecule has 4 rings (SSSR count). The van der Waals surface area contributed by atoms with Gasteiger partial charge in [0, 0.05) is 11.3 Å². The Morgan fingerprint density at radius 3 is 3.00 bits per heavy atom. The van der Waals surface area contributed by atoms with Gasteiger partial charge in [-0.3, -0.25) is 5.41 Å². The molecule has 3 N–H and O–H groups in total. The lowest BCUT2D eigenvalue weighted by Gasteiger charge is -2.26. The number of anilines is 1. The summed E-state index contributed by atoms with van der Waals surface area (Å²) in [6, 6.07) is 9.01. The smallest absolute Gasteiger partial charge is 0.181 e. The van der Waals surface area contributed by atoms with E-state index in [0.717, 1.165) is 30.5 Å². The monoisotopic (exact) mass is 393 g/mol. The normalized spacial score (nSPS) is 15.5. The van der Waals surface area contributed by atoms with E-state index in [1.807, 2.05) is 0 Å². The summed E-state index contributed by atoms with van der Waals surface area (Å²) in [5.41, 5.74) is 9.20. The van der Waals surface area contributed by atoms with E-state index >= 15 is 0 Å². The molecule has 0 saturated carbocycles. The van der Waals surface area contributed by atoms with Gasteiger partial charge in [0.1, 0.15) is 28.8 Å². The van der Waals surface area contributed by atoms with Crippen LogP contribution in [0, 0.1) is 16.7 Å². The number of aryl methyl sites for hydroxylation is 1. The Bertz CT molecular complexity index is 1090. The number of ether oxygens (including phenoxy) is 1. The first-order valence-corrected chi connectivity index (χ1v) is 9.08. The number of pyridine rings is 1. The van der Waals surface area contributed by atoms with Crippen molar-refractivity contribution in [3.8, 4) is 11.8 Å². The van der Waals surface area contributed by atoms with Gasteiger partial charge in [-0.15, -0.1) is 0 Å². The summed E-state index contributed by atoms with van der Waals surface area (Å²) >= 11 is 6.12. The van der Waals surface area contributed by atoms with Crippen LogP contribution in [-0.4, -0.2) is 15.7 Å². The highest BCUT2D eigenvalue weighted by Crippen LogP contribution is 2.35. The average molecular weight is 394 g/mol. The molecular weight excluding hydrogens is 378 g/mol.